The molecule has 0 radical (unpaired) electrons. The summed E-state index contributed by atoms with van der Waals surface area (Å²) < 4.78 is 5.14. The standard InChI is InChI=1S/C12H26N2O2/c1-9(7-13)6-10(2)8-14-11(15)16-12(3,4)5/h9-10H,6-8,13H2,1-5H3,(H,14,15)/t9-,10?/m0/s1. The van der Waals surface area contributed by atoms with E-state index in [1.165, 1.54) is 0 Å². The molecule has 0 aromatic heterocycles. The Morgan fingerprint density at radius 1 is 1.31 bits per heavy atom. The molecule has 0 fully saturated rings. The van der Waals surface area contributed by atoms with Crippen LogP contribution in [0.15, 0.2) is 0 Å². The zero-order valence-electron chi connectivity index (χ0n) is 11.2. The van der Waals surface area contributed by atoms with Crippen molar-refractivity contribution in [1.29, 1.82) is 0 Å². The molecular weight excluding hydrogens is 204 g/mol. The molecule has 0 aliphatic heterocycles. The van der Waals surface area contributed by atoms with Crippen molar-refractivity contribution in [2.24, 2.45) is 17.6 Å². The van der Waals surface area contributed by atoms with Crippen molar-refractivity contribution in [1.82, 2.24) is 5.32 Å². The van der Waals surface area contributed by atoms with Crippen molar-refractivity contribution < 1.29 is 9.53 Å². The molecule has 0 rings (SSSR count). The SMILES string of the molecule is CC(CNC(=O)OC(C)(C)C)C[C@H](C)CN. The number of ether oxygens (including phenoxy) is 1. The molecule has 16 heavy (non-hydrogen) atoms. The fourth-order valence-electron chi connectivity index (χ4n) is 1.44. The number of carbonyl (C=O) groups is 1. The molecule has 0 saturated carbocycles. The molecule has 4 heteroatoms. The summed E-state index contributed by atoms with van der Waals surface area (Å²) in [6.45, 7) is 11.1. The van der Waals surface area contributed by atoms with E-state index in [1.54, 1.807) is 0 Å². The van der Waals surface area contributed by atoms with Gasteiger partial charge in [-0.15, -0.1) is 0 Å². The minimum Gasteiger partial charge on any atom is -0.444 e. The highest BCUT2D eigenvalue weighted by Gasteiger charge is 2.16. The maximum absolute atomic E-state index is 11.4. The average Bonchev–Trinajstić information content (AvgIpc) is 2.12. The molecule has 4 nitrogen and oxygen atoms in total. The van der Waals surface area contributed by atoms with Crippen LogP contribution < -0.4 is 11.1 Å². The molecule has 0 heterocycles. The summed E-state index contributed by atoms with van der Waals surface area (Å²) >= 11 is 0. The highest BCUT2D eigenvalue weighted by atomic mass is 16.6. The number of nitrogens with one attached hydrogen (secondary N) is 1. The van der Waals surface area contributed by atoms with Crippen molar-refractivity contribution in [2.75, 3.05) is 13.1 Å². The van der Waals surface area contributed by atoms with Crippen LogP contribution in [0.2, 0.25) is 0 Å². The van der Waals surface area contributed by atoms with Crippen molar-refractivity contribution >= 4 is 6.09 Å². The van der Waals surface area contributed by atoms with Gasteiger partial charge >= 0.3 is 6.09 Å². The predicted octanol–water partition coefficient (Wildman–Crippen LogP) is 2.13. The van der Waals surface area contributed by atoms with Gasteiger partial charge in [0.25, 0.3) is 0 Å². The van der Waals surface area contributed by atoms with Crippen LogP contribution >= 0.6 is 0 Å². The van der Waals surface area contributed by atoms with Gasteiger partial charge in [0.15, 0.2) is 0 Å². The van der Waals surface area contributed by atoms with E-state index < -0.39 is 5.60 Å². The van der Waals surface area contributed by atoms with Gasteiger partial charge in [0.05, 0.1) is 0 Å². The molecule has 0 saturated heterocycles. The first-order chi connectivity index (χ1) is 7.24. The number of alkyl carbamates (subject to hydrolysis) is 1. The zero-order valence-corrected chi connectivity index (χ0v) is 11.2. The minimum atomic E-state index is -0.433. The summed E-state index contributed by atoms with van der Waals surface area (Å²) in [5.74, 6) is 0.918. The van der Waals surface area contributed by atoms with E-state index in [2.05, 4.69) is 19.2 Å². The summed E-state index contributed by atoms with van der Waals surface area (Å²) in [5.41, 5.74) is 5.11. The van der Waals surface area contributed by atoms with Crippen molar-refractivity contribution in [3.8, 4) is 0 Å². The second-order valence-corrected chi connectivity index (χ2v) is 5.56. The summed E-state index contributed by atoms with van der Waals surface area (Å²) in [7, 11) is 0. The first-order valence-electron chi connectivity index (χ1n) is 5.91. The molecule has 96 valence electrons. The van der Waals surface area contributed by atoms with E-state index in [4.69, 9.17) is 10.5 Å². The first-order valence-corrected chi connectivity index (χ1v) is 5.91. The fraction of sp³-hybridized carbons (Fsp3) is 0.917. The highest BCUT2D eigenvalue weighted by molar-refractivity contribution is 5.67. The molecule has 0 aromatic rings. The van der Waals surface area contributed by atoms with Gasteiger partial charge in [-0.25, -0.2) is 4.79 Å². The van der Waals surface area contributed by atoms with Crippen LogP contribution in [-0.2, 0) is 4.74 Å². The number of carbonyl (C=O) groups excluding carboxylic acids is 1. The van der Waals surface area contributed by atoms with Gasteiger partial charge in [0, 0.05) is 6.54 Å². The molecule has 3 N–H and O–H groups in total. The minimum absolute atomic E-state index is 0.347. The van der Waals surface area contributed by atoms with E-state index in [0.29, 0.717) is 24.9 Å². The van der Waals surface area contributed by atoms with Gasteiger partial charge in [-0.05, 0) is 45.6 Å². The van der Waals surface area contributed by atoms with Gasteiger partial charge < -0.3 is 15.8 Å². The number of hydrogen-bond donors (Lipinski definition) is 2. The summed E-state index contributed by atoms with van der Waals surface area (Å²) in [4.78, 5) is 11.4. The summed E-state index contributed by atoms with van der Waals surface area (Å²) in [5, 5.41) is 2.77. The number of amides is 1. The molecule has 0 bridgehead atoms. The molecule has 0 aliphatic rings. The van der Waals surface area contributed by atoms with Gasteiger partial charge in [-0.3, -0.25) is 0 Å². The highest BCUT2D eigenvalue weighted by Crippen LogP contribution is 2.10. The second kappa shape index (κ2) is 6.74. The van der Waals surface area contributed by atoms with Crippen LogP contribution in [-0.4, -0.2) is 24.8 Å². The lowest BCUT2D eigenvalue weighted by molar-refractivity contribution is 0.0518. The molecule has 0 aliphatic carbocycles. The largest absolute Gasteiger partial charge is 0.444 e. The van der Waals surface area contributed by atoms with Gasteiger partial charge in [-0.2, -0.15) is 0 Å². The molecule has 0 aromatic carbocycles. The number of rotatable bonds is 5. The second-order valence-electron chi connectivity index (χ2n) is 5.56. The third-order valence-corrected chi connectivity index (χ3v) is 2.20. The smallest absolute Gasteiger partial charge is 0.407 e. The molecule has 1 amide bonds. The quantitative estimate of drug-likeness (QED) is 0.760. The topological polar surface area (TPSA) is 64.3 Å². The summed E-state index contributed by atoms with van der Waals surface area (Å²) in [6.07, 6.45) is 0.673. The summed E-state index contributed by atoms with van der Waals surface area (Å²) in [6, 6.07) is 0. The van der Waals surface area contributed by atoms with Crippen molar-refractivity contribution in [3.05, 3.63) is 0 Å². The van der Waals surface area contributed by atoms with Crippen molar-refractivity contribution in [3.63, 3.8) is 0 Å². The Morgan fingerprint density at radius 2 is 1.88 bits per heavy atom. The lowest BCUT2D eigenvalue weighted by Gasteiger charge is -2.21. The van der Waals surface area contributed by atoms with Crippen LogP contribution in [0.5, 0.6) is 0 Å². The Balaban J connectivity index is 3.75. The molecule has 0 spiro atoms. The van der Waals surface area contributed by atoms with E-state index in [1.807, 2.05) is 20.8 Å². The Labute approximate surface area is 98.9 Å². The molecule has 2 atom stereocenters. The third kappa shape index (κ3) is 8.53. The fourth-order valence-corrected chi connectivity index (χ4v) is 1.44. The van der Waals surface area contributed by atoms with Crippen LogP contribution in [0, 0.1) is 11.8 Å². The normalized spacial score (nSPS) is 15.4. The van der Waals surface area contributed by atoms with Gasteiger partial charge in [0.1, 0.15) is 5.60 Å². The molecular formula is C12H26N2O2. The Kier molecular flexibility index (Phi) is 6.41. The van der Waals surface area contributed by atoms with Gasteiger partial charge in [0.2, 0.25) is 0 Å². The number of hydrogen-bond acceptors (Lipinski definition) is 3. The van der Waals surface area contributed by atoms with E-state index in [-0.39, 0.29) is 6.09 Å². The van der Waals surface area contributed by atoms with E-state index >= 15 is 0 Å². The van der Waals surface area contributed by atoms with Crippen LogP contribution in [0.25, 0.3) is 0 Å². The van der Waals surface area contributed by atoms with Gasteiger partial charge in [-0.1, -0.05) is 13.8 Å². The lowest BCUT2D eigenvalue weighted by Crippen LogP contribution is -2.35. The average molecular weight is 230 g/mol. The Hall–Kier alpha value is -0.770. The first kappa shape index (κ1) is 15.2. The lowest BCUT2D eigenvalue weighted by atomic mass is 9.97. The van der Waals surface area contributed by atoms with Crippen molar-refractivity contribution in [2.45, 2.75) is 46.6 Å². The monoisotopic (exact) mass is 230 g/mol. The Morgan fingerprint density at radius 3 is 2.31 bits per heavy atom. The van der Waals surface area contributed by atoms with E-state index in [0.717, 1.165) is 6.42 Å². The maximum Gasteiger partial charge on any atom is 0.407 e. The molecule has 1 unspecified atom stereocenters. The maximum atomic E-state index is 11.4. The predicted molar refractivity (Wildman–Crippen MR) is 66.2 cm³/mol. The van der Waals surface area contributed by atoms with Crippen LogP contribution in [0.4, 0.5) is 4.79 Å². The van der Waals surface area contributed by atoms with Crippen LogP contribution in [0.3, 0.4) is 0 Å². The zero-order chi connectivity index (χ0) is 12.8. The van der Waals surface area contributed by atoms with Crippen LogP contribution in [0.1, 0.15) is 41.0 Å². The van der Waals surface area contributed by atoms with E-state index in [9.17, 15) is 4.79 Å². The number of nitrogens with two attached hydrogens (primary N) is 1. The third-order valence-electron chi connectivity index (χ3n) is 2.20. The Bertz CT molecular complexity index is 212.